The second-order valence-electron chi connectivity index (χ2n) is 2.79. The number of carbonyl (C=O) groups excluding carboxylic acids is 1. The number of carboxylic acid groups (broad SMARTS) is 1. The molecule has 0 fully saturated rings. The minimum atomic E-state index is -1.16. The summed E-state index contributed by atoms with van der Waals surface area (Å²) in [5.41, 5.74) is -0.138. The number of nitrogens with zero attached hydrogens (tertiary/aromatic N) is 2. The van der Waals surface area contributed by atoms with Gasteiger partial charge in [0.15, 0.2) is 10.7 Å². The Morgan fingerprint density at radius 3 is 2.73 bits per heavy atom. The molecule has 0 spiro atoms. The summed E-state index contributed by atoms with van der Waals surface area (Å²) in [5.74, 6) is -1.54. The van der Waals surface area contributed by atoms with Crippen LogP contribution in [0.4, 0.5) is 0 Å². The molecular weight excluding hydrogens is 220 g/mol. The fourth-order valence-corrected chi connectivity index (χ4v) is 1.67. The van der Waals surface area contributed by atoms with Crippen LogP contribution in [0.1, 0.15) is 20.3 Å². The summed E-state index contributed by atoms with van der Waals surface area (Å²) in [7, 11) is 1.51. The number of aliphatic hydroxyl groups is 1. The summed E-state index contributed by atoms with van der Waals surface area (Å²) in [6, 6.07) is 0. The highest BCUT2D eigenvalue weighted by molar-refractivity contribution is 7.11. The summed E-state index contributed by atoms with van der Waals surface area (Å²) >= 11 is 0.975. The monoisotopic (exact) mass is 230 g/mol. The number of aromatic carboxylic acids is 1. The lowest BCUT2D eigenvalue weighted by atomic mass is 10.5. The Balaban J connectivity index is 2.78. The van der Waals surface area contributed by atoms with Gasteiger partial charge in [0.05, 0.1) is 6.61 Å². The van der Waals surface area contributed by atoms with Crippen molar-refractivity contribution in [2.24, 2.45) is 0 Å². The van der Waals surface area contributed by atoms with E-state index in [2.05, 4.69) is 4.98 Å². The molecule has 7 heteroatoms. The van der Waals surface area contributed by atoms with Gasteiger partial charge in [-0.2, -0.15) is 0 Å². The number of aliphatic hydroxyl groups excluding tert-OH is 1. The molecule has 0 aliphatic rings. The molecule has 1 aromatic rings. The molecule has 1 aromatic heterocycles. The minimum Gasteiger partial charge on any atom is -0.476 e. The van der Waals surface area contributed by atoms with Crippen molar-refractivity contribution in [2.75, 3.05) is 20.2 Å². The first-order valence-electron chi connectivity index (χ1n) is 4.11. The van der Waals surface area contributed by atoms with Gasteiger partial charge in [0, 0.05) is 19.0 Å². The molecular formula is C8H10N2O4S. The molecule has 0 aliphatic carbocycles. The van der Waals surface area contributed by atoms with Crippen LogP contribution in [0.15, 0.2) is 5.38 Å². The van der Waals surface area contributed by atoms with E-state index in [9.17, 15) is 9.59 Å². The van der Waals surface area contributed by atoms with E-state index in [1.807, 2.05) is 0 Å². The summed E-state index contributed by atoms with van der Waals surface area (Å²) < 4.78 is 0. The van der Waals surface area contributed by atoms with Gasteiger partial charge in [0.2, 0.25) is 0 Å². The van der Waals surface area contributed by atoms with Crippen molar-refractivity contribution >= 4 is 23.2 Å². The molecule has 0 saturated heterocycles. The van der Waals surface area contributed by atoms with E-state index in [1.54, 1.807) is 0 Å². The predicted octanol–water partition coefficient (Wildman–Crippen LogP) is -0.0944. The number of amides is 1. The summed E-state index contributed by atoms with van der Waals surface area (Å²) in [6.45, 7) is 0.0558. The van der Waals surface area contributed by atoms with Crippen LogP contribution in [0.25, 0.3) is 0 Å². The van der Waals surface area contributed by atoms with Crippen molar-refractivity contribution in [3.63, 3.8) is 0 Å². The fraction of sp³-hybridized carbons (Fsp3) is 0.375. The van der Waals surface area contributed by atoms with Crippen LogP contribution in [-0.2, 0) is 0 Å². The van der Waals surface area contributed by atoms with Crippen LogP contribution in [0.3, 0.4) is 0 Å². The van der Waals surface area contributed by atoms with Crippen molar-refractivity contribution in [3.05, 3.63) is 16.1 Å². The zero-order chi connectivity index (χ0) is 11.4. The largest absolute Gasteiger partial charge is 0.476 e. The minimum absolute atomic E-state index is 0.114. The number of hydrogen-bond acceptors (Lipinski definition) is 5. The summed E-state index contributed by atoms with van der Waals surface area (Å²) in [5, 5.41) is 18.6. The van der Waals surface area contributed by atoms with E-state index >= 15 is 0 Å². The molecule has 0 atom stereocenters. The second-order valence-corrected chi connectivity index (χ2v) is 3.65. The first kappa shape index (κ1) is 11.6. The number of carboxylic acids is 1. The zero-order valence-corrected chi connectivity index (χ0v) is 8.82. The molecule has 0 bridgehead atoms. The lowest BCUT2D eigenvalue weighted by Crippen LogP contribution is -2.29. The molecule has 0 radical (unpaired) electrons. The second kappa shape index (κ2) is 4.85. The SMILES string of the molecule is CN(CCO)C(=O)c1nc(C(=O)O)cs1. The number of hydrogen-bond donors (Lipinski definition) is 2. The van der Waals surface area contributed by atoms with E-state index in [1.165, 1.54) is 17.3 Å². The molecule has 0 saturated carbocycles. The Morgan fingerprint density at radius 1 is 1.60 bits per heavy atom. The third kappa shape index (κ3) is 2.74. The first-order valence-corrected chi connectivity index (χ1v) is 4.99. The van der Waals surface area contributed by atoms with Crippen LogP contribution < -0.4 is 0 Å². The first-order chi connectivity index (χ1) is 7.06. The van der Waals surface area contributed by atoms with Crippen LogP contribution in [-0.4, -0.2) is 52.2 Å². The van der Waals surface area contributed by atoms with E-state index in [4.69, 9.17) is 10.2 Å². The van der Waals surface area contributed by atoms with E-state index < -0.39 is 5.97 Å². The van der Waals surface area contributed by atoms with Gasteiger partial charge in [-0.05, 0) is 0 Å². The highest BCUT2D eigenvalue weighted by atomic mass is 32.1. The lowest BCUT2D eigenvalue weighted by Gasteiger charge is -2.12. The molecule has 82 valence electrons. The third-order valence-electron chi connectivity index (χ3n) is 1.69. The number of thiazole rings is 1. The fourth-order valence-electron chi connectivity index (χ4n) is 0.885. The topological polar surface area (TPSA) is 90.7 Å². The maximum Gasteiger partial charge on any atom is 0.355 e. The quantitative estimate of drug-likeness (QED) is 0.754. The van der Waals surface area contributed by atoms with Crippen molar-refractivity contribution in [1.29, 1.82) is 0 Å². The van der Waals surface area contributed by atoms with Gasteiger partial charge in [-0.15, -0.1) is 11.3 Å². The smallest absolute Gasteiger partial charge is 0.355 e. The van der Waals surface area contributed by atoms with E-state index in [-0.39, 0.29) is 29.8 Å². The molecule has 0 unspecified atom stereocenters. The predicted molar refractivity (Wildman–Crippen MR) is 53.1 cm³/mol. The highest BCUT2D eigenvalue weighted by Gasteiger charge is 2.17. The van der Waals surface area contributed by atoms with Crippen molar-refractivity contribution in [1.82, 2.24) is 9.88 Å². The lowest BCUT2D eigenvalue weighted by molar-refractivity contribution is 0.0691. The van der Waals surface area contributed by atoms with Crippen molar-refractivity contribution in [3.8, 4) is 0 Å². The molecule has 1 amide bonds. The van der Waals surface area contributed by atoms with Crippen LogP contribution in [0, 0.1) is 0 Å². The summed E-state index contributed by atoms with van der Waals surface area (Å²) in [6.07, 6.45) is 0. The van der Waals surface area contributed by atoms with Gasteiger partial charge in [-0.25, -0.2) is 9.78 Å². The molecule has 0 aromatic carbocycles. The van der Waals surface area contributed by atoms with Gasteiger partial charge in [0.1, 0.15) is 0 Å². The molecule has 15 heavy (non-hydrogen) atoms. The number of rotatable bonds is 4. The Kier molecular flexibility index (Phi) is 3.75. The maximum absolute atomic E-state index is 11.5. The van der Waals surface area contributed by atoms with Crippen molar-refractivity contribution in [2.45, 2.75) is 0 Å². The van der Waals surface area contributed by atoms with Crippen LogP contribution >= 0.6 is 11.3 Å². The molecule has 1 rings (SSSR count). The standard InChI is InChI=1S/C8H10N2O4S/c1-10(2-3-11)7(12)6-9-5(4-15-6)8(13)14/h4,11H,2-3H2,1H3,(H,13,14). The van der Waals surface area contributed by atoms with E-state index in [0.717, 1.165) is 11.3 Å². The Labute approximate surface area is 89.8 Å². The average molecular weight is 230 g/mol. The van der Waals surface area contributed by atoms with Crippen LogP contribution in [0.5, 0.6) is 0 Å². The zero-order valence-electron chi connectivity index (χ0n) is 8.01. The number of carbonyl (C=O) groups is 2. The van der Waals surface area contributed by atoms with Gasteiger partial charge >= 0.3 is 5.97 Å². The number of aromatic nitrogens is 1. The van der Waals surface area contributed by atoms with Crippen molar-refractivity contribution < 1.29 is 19.8 Å². The Bertz CT molecular complexity index is 376. The van der Waals surface area contributed by atoms with Gasteiger partial charge in [-0.3, -0.25) is 4.79 Å². The molecule has 2 N–H and O–H groups in total. The highest BCUT2D eigenvalue weighted by Crippen LogP contribution is 2.11. The Morgan fingerprint density at radius 2 is 2.27 bits per heavy atom. The average Bonchev–Trinajstić information content (AvgIpc) is 2.65. The van der Waals surface area contributed by atoms with Gasteiger partial charge in [-0.1, -0.05) is 0 Å². The van der Waals surface area contributed by atoms with Crippen LogP contribution in [0.2, 0.25) is 0 Å². The maximum atomic E-state index is 11.5. The molecule has 6 nitrogen and oxygen atoms in total. The Hall–Kier alpha value is -1.47. The normalized spacial score (nSPS) is 10.0. The van der Waals surface area contributed by atoms with E-state index in [0.29, 0.717) is 0 Å². The van der Waals surface area contributed by atoms with Gasteiger partial charge in [0.25, 0.3) is 5.91 Å². The van der Waals surface area contributed by atoms with Gasteiger partial charge < -0.3 is 15.1 Å². The molecule has 1 heterocycles. The summed E-state index contributed by atoms with van der Waals surface area (Å²) in [4.78, 5) is 27.0. The third-order valence-corrected chi connectivity index (χ3v) is 2.52. The molecule has 0 aliphatic heterocycles. The number of likely N-dealkylation sites (N-methyl/N-ethyl adjacent to an activating group) is 1.